The van der Waals surface area contributed by atoms with Crippen LogP contribution in [0.5, 0.6) is 0 Å². The number of oxime groups is 1. The Morgan fingerprint density at radius 1 is 1.67 bits per heavy atom. The predicted molar refractivity (Wildman–Crippen MR) is 34.3 cm³/mol. The summed E-state index contributed by atoms with van der Waals surface area (Å²) in [5.74, 6) is 0.0440. The summed E-state index contributed by atoms with van der Waals surface area (Å²) in [5, 5.41) is 19.8. The Hall–Kier alpha value is -0.770. The highest BCUT2D eigenvalue weighted by Gasteiger charge is 2.14. The molecule has 0 aliphatic carbocycles. The predicted octanol–water partition coefficient (Wildman–Crippen LogP) is -0.106. The standard InChI is InChI=1S/C5H12N2O2/c1-5(2,8)3-4(6)7-9/h8-9H,3H2,1-2H3,(H2,6,7). The summed E-state index contributed by atoms with van der Waals surface area (Å²) >= 11 is 0. The lowest BCUT2D eigenvalue weighted by Gasteiger charge is -2.14. The van der Waals surface area contributed by atoms with Crippen LogP contribution in [-0.2, 0) is 0 Å². The van der Waals surface area contributed by atoms with Crippen LogP contribution in [-0.4, -0.2) is 21.8 Å². The second kappa shape index (κ2) is 2.68. The maximum atomic E-state index is 9.05. The summed E-state index contributed by atoms with van der Waals surface area (Å²) < 4.78 is 0. The van der Waals surface area contributed by atoms with Gasteiger partial charge in [-0.25, -0.2) is 0 Å². The van der Waals surface area contributed by atoms with Gasteiger partial charge < -0.3 is 16.0 Å². The number of hydrogen-bond donors (Lipinski definition) is 3. The van der Waals surface area contributed by atoms with Gasteiger partial charge in [0.05, 0.1) is 5.60 Å². The zero-order chi connectivity index (χ0) is 7.49. The largest absolute Gasteiger partial charge is 0.409 e. The van der Waals surface area contributed by atoms with Crippen molar-refractivity contribution in [2.45, 2.75) is 25.9 Å². The Balaban J connectivity index is 3.75. The van der Waals surface area contributed by atoms with Gasteiger partial charge in [0.1, 0.15) is 5.84 Å². The lowest BCUT2D eigenvalue weighted by atomic mass is 10.1. The van der Waals surface area contributed by atoms with Gasteiger partial charge in [0.25, 0.3) is 0 Å². The van der Waals surface area contributed by atoms with Crippen LogP contribution < -0.4 is 5.73 Å². The highest BCUT2D eigenvalue weighted by Crippen LogP contribution is 2.05. The van der Waals surface area contributed by atoms with Gasteiger partial charge in [-0.05, 0) is 13.8 Å². The first-order valence-electron chi connectivity index (χ1n) is 2.64. The smallest absolute Gasteiger partial charge is 0.141 e. The van der Waals surface area contributed by atoms with Crippen molar-refractivity contribution >= 4 is 5.84 Å². The summed E-state index contributed by atoms with van der Waals surface area (Å²) in [6.07, 6.45) is 0.184. The first-order valence-corrected chi connectivity index (χ1v) is 2.64. The van der Waals surface area contributed by atoms with E-state index in [4.69, 9.17) is 16.0 Å². The molecule has 4 nitrogen and oxygen atoms in total. The van der Waals surface area contributed by atoms with Crippen molar-refractivity contribution in [2.75, 3.05) is 0 Å². The molecule has 0 radical (unpaired) electrons. The Kier molecular flexibility index (Phi) is 2.45. The molecule has 0 fully saturated rings. The normalized spacial score (nSPS) is 13.9. The van der Waals surface area contributed by atoms with E-state index in [0.717, 1.165) is 0 Å². The molecule has 0 bridgehead atoms. The molecule has 54 valence electrons. The lowest BCUT2D eigenvalue weighted by molar-refractivity contribution is 0.0873. The van der Waals surface area contributed by atoms with Crippen molar-refractivity contribution in [1.82, 2.24) is 0 Å². The van der Waals surface area contributed by atoms with Gasteiger partial charge in [0.15, 0.2) is 0 Å². The van der Waals surface area contributed by atoms with E-state index in [9.17, 15) is 0 Å². The average molecular weight is 132 g/mol. The van der Waals surface area contributed by atoms with Crippen LogP contribution in [0.25, 0.3) is 0 Å². The molecule has 0 rings (SSSR count). The van der Waals surface area contributed by atoms with E-state index in [0.29, 0.717) is 0 Å². The summed E-state index contributed by atoms with van der Waals surface area (Å²) in [7, 11) is 0. The molecule has 0 aromatic heterocycles. The minimum Gasteiger partial charge on any atom is -0.409 e. The van der Waals surface area contributed by atoms with E-state index in [1.54, 1.807) is 13.8 Å². The van der Waals surface area contributed by atoms with Crippen molar-refractivity contribution in [1.29, 1.82) is 0 Å². The van der Waals surface area contributed by atoms with Crippen LogP contribution in [0.1, 0.15) is 20.3 Å². The van der Waals surface area contributed by atoms with Crippen LogP contribution in [0.2, 0.25) is 0 Å². The molecule has 0 spiro atoms. The fraction of sp³-hybridized carbons (Fsp3) is 0.800. The maximum absolute atomic E-state index is 9.05. The van der Waals surface area contributed by atoms with E-state index in [1.165, 1.54) is 0 Å². The minimum atomic E-state index is -0.893. The number of aliphatic hydroxyl groups is 1. The van der Waals surface area contributed by atoms with Gasteiger partial charge in [-0.1, -0.05) is 5.16 Å². The fourth-order valence-corrected chi connectivity index (χ4v) is 0.479. The molecule has 0 aliphatic rings. The van der Waals surface area contributed by atoms with Crippen molar-refractivity contribution < 1.29 is 10.3 Å². The third kappa shape index (κ3) is 5.10. The van der Waals surface area contributed by atoms with Gasteiger partial charge in [0.2, 0.25) is 0 Å². The number of rotatable bonds is 2. The molecule has 0 unspecified atom stereocenters. The van der Waals surface area contributed by atoms with Gasteiger partial charge in [-0.2, -0.15) is 0 Å². The Bertz CT molecular complexity index is 115. The highest BCUT2D eigenvalue weighted by atomic mass is 16.4. The van der Waals surface area contributed by atoms with Gasteiger partial charge >= 0.3 is 0 Å². The Morgan fingerprint density at radius 2 is 2.11 bits per heavy atom. The third-order valence-corrected chi connectivity index (χ3v) is 0.742. The van der Waals surface area contributed by atoms with Crippen LogP contribution in [0.3, 0.4) is 0 Å². The summed E-state index contributed by atoms with van der Waals surface area (Å²) in [5.41, 5.74) is 4.21. The number of hydrogen-bond acceptors (Lipinski definition) is 3. The SMILES string of the molecule is CC(C)(O)CC(N)=NO. The molecule has 0 saturated carbocycles. The Morgan fingerprint density at radius 3 is 2.22 bits per heavy atom. The Labute approximate surface area is 54.0 Å². The monoisotopic (exact) mass is 132 g/mol. The van der Waals surface area contributed by atoms with E-state index < -0.39 is 5.60 Å². The molecule has 4 heteroatoms. The molecule has 4 N–H and O–H groups in total. The van der Waals surface area contributed by atoms with Gasteiger partial charge in [-0.3, -0.25) is 0 Å². The first kappa shape index (κ1) is 8.23. The van der Waals surface area contributed by atoms with Crippen LogP contribution in [0.15, 0.2) is 5.16 Å². The first-order chi connectivity index (χ1) is 3.95. The molecule has 0 aromatic carbocycles. The quantitative estimate of drug-likeness (QED) is 0.212. The van der Waals surface area contributed by atoms with Crippen molar-refractivity contribution in [3.05, 3.63) is 0 Å². The maximum Gasteiger partial charge on any atom is 0.141 e. The lowest BCUT2D eigenvalue weighted by Crippen LogP contribution is -2.27. The summed E-state index contributed by atoms with van der Waals surface area (Å²) in [4.78, 5) is 0. The molecule has 0 amide bonds. The summed E-state index contributed by atoms with van der Waals surface area (Å²) in [6, 6.07) is 0. The number of amidine groups is 1. The fourth-order valence-electron chi connectivity index (χ4n) is 0.479. The van der Waals surface area contributed by atoms with Crippen molar-refractivity contribution in [2.24, 2.45) is 10.9 Å². The van der Waals surface area contributed by atoms with Crippen molar-refractivity contribution in [3.63, 3.8) is 0 Å². The highest BCUT2D eigenvalue weighted by molar-refractivity contribution is 5.80. The molecule has 0 aliphatic heterocycles. The zero-order valence-electron chi connectivity index (χ0n) is 5.63. The molecule has 9 heavy (non-hydrogen) atoms. The summed E-state index contributed by atoms with van der Waals surface area (Å²) in [6.45, 7) is 3.18. The molecule has 0 atom stereocenters. The van der Waals surface area contributed by atoms with Crippen LogP contribution in [0.4, 0.5) is 0 Å². The van der Waals surface area contributed by atoms with Crippen LogP contribution >= 0.6 is 0 Å². The molecule has 0 aromatic rings. The zero-order valence-corrected chi connectivity index (χ0v) is 5.63. The number of nitrogens with zero attached hydrogens (tertiary/aromatic N) is 1. The molecular weight excluding hydrogens is 120 g/mol. The molecular formula is C5H12N2O2. The number of nitrogens with two attached hydrogens (primary N) is 1. The second-order valence-corrected chi connectivity index (χ2v) is 2.58. The third-order valence-electron chi connectivity index (χ3n) is 0.742. The molecule has 0 heterocycles. The second-order valence-electron chi connectivity index (χ2n) is 2.58. The average Bonchev–Trinajstić information content (AvgIpc) is 1.62. The van der Waals surface area contributed by atoms with E-state index >= 15 is 0 Å². The van der Waals surface area contributed by atoms with Gasteiger partial charge in [0, 0.05) is 6.42 Å². The van der Waals surface area contributed by atoms with E-state index in [2.05, 4.69) is 5.16 Å². The molecule has 0 saturated heterocycles. The van der Waals surface area contributed by atoms with E-state index in [1.807, 2.05) is 0 Å². The van der Waals surface area contributed by atoms with Crippen molar-refractivity contribution in [3.8, 4) is 0 Å². The topological polar surface area (TPSA) is 78.8 Å². The minimum absolute atomic E-state index is 0.0440. The van der Waals surface area contributed by atoms with Gasteiger partial charge in [-0.15, -0.1) is 0 Å². The van der Waals surface area contributed by atoms with Crippen LogP contribution in [0, 0.1) is 0 Å². The van der Waals surface area contributed by atoms with E-state index in [-0.39, 0.29) is 12.3 Å².